The van der Waals surface area contributed by atoms with Crippen molar-refractivity contribution in [3.05, 3.63) is 12.7 Å². The monoisotopic (exact) mass is 226 g/mol. The zero-order valence-electron chi connectivity index (χ0n) is 10.0. The van der Waals surface area contributed by atoms with Crippen molar-refractivity contribution in [1.29, 1.82) is 0 Å². The highest BCUT2D eigenvalue weighted by Crippen LogP contribution is 2.25. The summed E-state index contributed by atoms with van der Waals surface area (Å²) in [5, 5.41) is 12.3. The molecule has 1 fully saturated rings. The molecule has 1 aliphatic rings. The molecule has 0 aromatic heterocycles. The Balaban J connectivity index is 2.74. The van der Waals surface area contributed by atoms with Crippen LogP contribution in [0.15, 0.2) is 12.7 Å². The Morgan fingerprint density at radius 1 is 1.69 bits per heavy atom. The molecule has 16 heavy (non-hydrogen) atoms. The molecule has 1 aliphatic heterocycles. The van der Waals surface area contributed by atoms with Crippen LogP contribution < -0.4 is 5.32 Å². The number of aliphatic hydroxyl groups excluding tert-OH is 1. The first-order valence-corrected chi connectivity index (χ1v) is 5.96. The van der Waals surface area contributed by atoms with Gasteiger partial charge in [0.2, 0.25) is 5.91 Å². The molecule has 0 aliphatic carbocycles. The molecule has 92 valence electrons. The van der Waals surface area contributed by atoms with Gasteiger partial charge in [-0.2, -0.15) is 0 Å². The molecule has 0 bridgehead atoms. The van der Waals surface area contributed by atoms with Gasteiger partial charge in [0.05, 0.1) is 12.1 Å². The zero-order valence-corrected chi connectivity index (χ0v) is 10.0. The summed E-state index contributed by atoms with van der Waals surface area (Å²) in [6.07, 6.45) is 4.43. The molecule has 4 nitrogen and oxygen atoms in total. The van der Waals surface area contributed by atoms with Gasteiger partial charge in [-0.05, 0) is 25.8 Å². The number of hydrogen-bond donors (Lipinski definition) is 2. The fourth-order valence-corrected chi connectivity index (χ4v) is 2.30. The average molecular weight is 226 g/mol. The van der Waals surface area contributed by atoms with E-state index in [0.29, 0.717) is 13.1 Å². The number of aliphatic hydroxyl groups is 1. The summed E-state index contributed by atoms with van der Waals surface area (Å²) in [5.74, 6) is 0.0986. The van der Waals surface area contributed by atoms with Gasteiger partial charge in [-0.15, -0.1) is 6.58 Å². The smallest absolute Gasteiger partial charge is 0.243 e. The van der Waals surface area contributed by atoms with Crippen molar-refractivity contribution in [2.24, 2.45) is 0 Å². The van der Waals surface area contributed by atoms with E-state index in [1.165, 1.54) is 0 Å². The van der Waals surface area contributed by atoms with Gasteiger partial charge in [0.1, 0.15) is 0 Å². The van der Waals surface area contributed by atoms with Crippen LogP contribution in [0.3, 0.4) is 0 Å². The minimum Gasteiger partial charge on any atom is -0.395 e. The summed E-state index contributed by atoms with van der Waals surface area (Å²) in [6, 6.07) is 0. The Bertz CT molecular complexity index is 247. The maximum atomic E-state index is 12.4. The van der Waals surface area contributed by atoms with Crippen LogP contribution in [0.2, 0.25) is 0 Å². The van der Waals surface area contributed by atoms with Gasteiger partial charge >= 0.3 is 0 Å². The highest BCUT2D eigenvalue weighted by molar-refractivity contribution is 5.86. The van der Waals surface area contributed by atoms with Gasteiger partial charge in [0.15, 0.2) is 0 Å². The van der Waals surface area contributed by atoms with E-state index in [0.717, 1.165) is 25.8 Å². The second-order valence-electron chi connectivity index (χ2n) is 4.23. The predicted octanol–water partition coefficient (Wildman–Crippen LogP) is 0.525. The standard InChI is InChI=1S/C12H22N2O2/c1-3-8-14(9-10-15)11(16)12(4-2)6-5-7-13-12/h3,13,15H,1,4-10H2,2H3. The summed E-state index contributed by atoms with van der Waals surface area (Å²) in [7, 11) is 0. The van der Waals surface area contributed by atoms with E-state index in [9.17, 15) is 4.79 Å². The molecule has 0 aromatic carbocycles. The van der Waals surface area contributed by atoms with Crippen LogP contribution in [0.1, 0.15) is 26.2 Å². The molecule has 2 N–H and O–H groups in total. The number of carbonyl (C=O) groups is 1. The van der Waals surface area contributed by atoms with E-state index >= 15 is 0 Å². The van der Waals surface area contributed by atoms with E-state index in [2.05, 4.69) is 11.9 Å². The Morgan fingerprint density at radius 3 is 2.88 bits per heavy atom. The van der Waals surface area contributed by atoms with Crippen LogP contribution in [-0.2, 0) is 4.79 Å². The van der Waals surface area contributed by atoms with Crippen molar-refractivity contribution < 1.29 is 9.90 Å². The maximum Gasteiger partial charge on any atom is 0.243 e. The highest BCUT2D eigenvalue weighted by atomic mass is 16.3. The highest BCUT2D eigenvalue weighted by Gasteiger charge is 2.41. The van der Waals surface area contributed by atoms with Crippen LogP contribution in [0.5, 0.6) is 0 Å². The topological polar surface area (TPSA) is 52.6 Å². The quantitative estimate of drug-likeness (QED) is 0.649. The van der Waals surface area contributed by atoms with Crippen LogP contribution in [0, 0.1) is 0 Å². The van der Waals surface area contributed by atoms with Crippen molar-refractivity contribution in [2.45, 2.75) is 31.7 Å². The molecule has 0 radical (unpaired) electrons. The lowest BCUT2D eigenvalue weighted by atomic mass is 9.92. The second kappa shape index (κ2) is 6.01. The largest absolute Gasteiger partial charge is 0.395 e. The number of nitrogens with zero attached hydrogens (tertiary/aromatic N) is 1. The third-order valence-electron chi connectivity index (χ3n) is 3.26. The van der Waals surface area contributed by atoms with Crippen molar-refractivity contribution in [1.82, 2.24) is 10.2 Å². The van der Waals surface area contributed by atoms with E-state index in [1.807, 2.05) is 6.92 Å². The molecule has 1 amide bonds. The number of amides is 1. The molecule has 0 saturated carbocycles. The van der Waals surface area contributed by atoms with Crippen LogP contribution in [0.4, 0.5) is 0 Å². The van der Waals surface area contributed by atoms with Crippen molar-refractivity contribution in [3.8, 4) is 0 Å². The SMILES string of the molecule is C=CCN(CCO)C(=O)C1(CC)CCCN1. The van der Waals surface area contributed by atoms with Gasteiger partial charge in [0.25, 0.3) is 0 Å². The first-order chi connectivity index (χ1) is 7.70. The fraction of sp³-hybridized carbons (Fsp3) is 0.750. The molecule has 0 spiro atoms. The normalized spacial score (nSPS) is 24.4. The van der Waals surface area contributed by atoms with Crippen LogP contribution >= 0.6 is 0 Å². The average Bonchev–Trinajstić information content (AvgIpc) is 2.77. The Labute approximate surface area is 97.3 Å². The van der Waals surface area contributed by atoms with Crippen LogP contribution in [0.25, 0.3) is 0 Å². The number of carbonyl (C=O) groups excluding carboxylic acids is 1. The molecule has 1 saturated heterocycles. The summed E-state index contributed by atoms with van der Waals surface area (Å²) in [6.45, 7) is 7.46. The van der Waals surface area contributed by atoms with Gasteiger partial charge in [-0.1, -0.05) is 13.0 Å². The lowest BCUT2D eigenvalue weighted by Crippen LogP contribution is -2.55. The molecule has 1 unspecified atom stereocenters. The molecular formula is C12H22N2O2. The minimum absolute atomic E-state index is 0.000621. The molecule has 4 heteroatoms. The fourth-order valence-electron chi connectivity index (χ4n) is 2.30. The van der Waals surface area contributed by atoms with Crippen molar-refractivity contribution in [3.63, 3.8) is 0 Å². The summed E-state index contributed by atoms with van der Waals surface area (Å²) < 4.78 is 0. The predicted molar refractivity (Wildman–Crippen MR) is 64.1 cm³/mol. The first-order valence-electron chi connectivity index (χ1n) is 5.96. The molecule has 0 aromatic rings. The van der Waals surface area contributed by atoms with E-state index in [1.54, 1.807) is 11.0 Å². The molecule has 1 atom stereocenters. The van der Waals surface area contributed by atoms with E-state index in [4.69, 9.17) is 5.11 Å². The summed E-state index contributed by atoms with van der Waals surface area (Å²) >= 11 is 0. The number of hydrogen-bond acceptors (Lipinski definition) is 3. The van der Waals surface area contributed by atoms with Gasteiger partial charge < -0.3 is 15.3 Å². The molecule has 1 heterocycles. The van der Waals surface area contributed by atoms with Gasteiger partial charge in [-0.3, -0.25) is 4.79 Å². The first kappa shape index (κ1) is 13.2. The van der Waals surface area contributed by atoms with Crippen molar-refractivity contribution in [2.75, 3.05) is 26.2 Å². The lowest BCUT2D eigenvalue weighted by molar-refractivity contribution is -0.138. The van der Waals surface area contributed by atoms with Crippen LogP contribution in [-0.4, -0.2) is 47.7 Å². The van der Waals surface area contributed by atoms with Gasteiger partial charge in [0, 0.05) is 13.1 Å². The zero-order chi connectivity index (χ0) is 12.0. The Kier molecular flexibility index (Phi) is 4.96. The second-order valence-corrected chi connectivity index (χ2v) is 4.23. The Morgan fingerprint density at radius 2 is 2.44 bits per heavy atom. The van der Waals surface area contributed by atoms with E-state index in [-0.39, 0.29) is 12.5 Å². The molecular weight excluding hydrogens is 204 g/mol. The molecule has 1 rings (SSSR count). The third-order valence-corrected chi connectivity index (χ3v) is 3.26. The Hall–Kier alpha value is -0.870. The van der Waals surface area contributed by atoms with Crippen molar-refractivity contribution >= 4 is 5.91 Å². The number of rotatable bonds is 6. The maximum absolute atomic E-state index is 12.4. The lowest BCUT2D eigenvalue weighted by Gasteiger charge is -2.33. The summed E-state index contributed by atoms with van der Waals surface area (Å²) in [4.78, 5) is 14.1. The summed E-state index contributed by atoms with van der Waals surface area (Å²) in [5.41, 5.74) is -0.405. The third kappa shape index (κ3) is 2.62. The number of nitrogens with one attached hydrogen (secondary N) is 1. The van der Waals surface area contributed by atoms with E-state index < -0.39 is 5.54 Å². The minimum atomic E-state index is -0.405. The van der Waals surface area contributed by atoms with Gasteiger partial charge in [-0.25, -0.2) is 0 Å².